The second-order valence-corrected chi connectivity index (χ2v) is 4.04. The second-order valence-electron chi connectivity index (χ2n) is 2.91. The van der Waals surface area contributed by atoms with Crippen LogP contribution in [0.1, 0.15) is 19.3 Å². The molecule has 58 valence electrons. The van der Waals surface area contributed by atoms with Crippen molar-refractivity contribution in [1.82, 2.24) is 0 Å². The average molecular weight is 184 g/mol. The number of hydrogen-bond donors (Lipinski definition) is 0. The minimum Gasteiger partial charge on any atom is -0.772 e. The zero-order valence-corrected chi connectivity index (χ0v) is 9.30. The van der Waals surface area contributed by atoms with Crippen LogP contribution in [0.15, 0.2) is 0 Å². The Morgan fingerprint density at radius 3 is 2.45 bits per heavy atom. The van der Waals surface area contributed by atoms with Crippen LogP contribution in [-0.2, 0) is 15.8 Å². The van der Waals surface area contributed by atoms with Crippen LogP contribution in [0.5, 0.6) is 0 Å². The van der Waals surface area contributed by atoms with Gasteiger partial charge in [0.25, 0.3) is 0 Å². The third-order valence-corrected chi connectivity index (χ3v) is 3.29. The third kappa shape index (κ3) is 1.87. The topological polar surface area (TPSA) is 49.4 Å². The maximum atomic E-state index is 10.5. The van der Waals surface area contributed by atoms with E-state index in [-0.39, 0.29) is 47.0 Å². The summed E-state index contributed by atoms with van der Waals surface area (Å²) in [6.45, 7) is 0. The molecule has 2 fully saturated rings. The quantitative estimate of drug-likeness (QED) is 0.326. The van der Waals surface area contributed by atoms with Crippen LogP contribution in [0.4, 0.5) is 0 Å². The van der Waals surface area contributed by atoms with E-state index in [9.17, 15) is 8.76 Å². The van der Waals surface area contributed by atoms with Crippen molar-refractivity contribution in [3.8, 4) is 0 Å². The molecule has 2 heterocycles. The molecule has 2 aliphatic rings. The number of ether oxygens (including phenoxy) is 1. The molecule has 0 N–H and O–H groups in total. The monoisotopic (exact) mass is 184 g/mol. The summed E-state index contributed by atoms with van der Waals surface area (Å²) >= 11 is -1.92. The van der Waals surface area contributed by atoms with E-state index in [1.807, 2.05) is 0 Å². The fraction of sp³-hybridized carbons (Fsp3) is 1.00. The molecule has 0 saturated carbocycles. The van der Waals surface area contributed by atoms with E-state index in [1.54, 1.807) is 0 Å². The van der Waals surface area contributed by atoms with Crippen molar-refractivity contribution in [2.75, 3.05) is 0 Å². The summed E-state index contributed by atoms with van der Waals surface area (Å²) in [7, 11) is 0. The van der Waals surface area contributed by atoms with Crippen LogP contribution in [0.2, 0.25) is 0 Å². The molecule has 0 amide bonds. The summed E-state index contributed by atoms with van der Waals surface area (Å²) in [6, 6.07) is 0. The van der Waals surface area contributed by atoms with Gasteiger partial charge in [0, 0.05) is 0 Å². The Morgan fingerprint density at radius 1 is 1.45 bits per heavy atom. The first kappa shape index (κ1) is 10.2. The minimum absolute atomic E-state index is 0. The normalized spacial score (nSPS) is 43.5. The Balaban J connectivity index is 0.000000605. The molecular formula is C6H9NaO3S. The minimum atomic E-state index is -1.92. The van der Waals surface area contributed by atoms with Crippen LogP contribution >= 0.6 is 0 Å². The standard InChI is InChI=1S/C6H10O3S.Na/c7-10(8)6-3-4-1-2-5(6)9-4;/h4-6H,1-3H2,(H,7,8);/q;+1/p-1. The van der Waals surface area contributed by atoms with E-state index in [0.717, 1.165) is 19.3 Å². The molecule has 0 aromatic rings. The van der Waals surface area contributed by atoms with E-state index < -0.39 is 11.1 Å². The molecule has 2 aliphatic heterocycles. The molecule has 3 nitrogen and oxygen atoms in total. The summed E-state index contributed by atoms with van der Waals surface area (Å²) in [5, 5.41) is -0.209. The fourth-order valence-electron chi connectivity index (χ4n) is 1.79. The molecule has 0 aliphatic carbocycles. The Labute approximate surface area is 90.5 Å². The van der Waals surface area contributed by atoms with Gasteiger partial charge in [0.05, 0.1) is 17.5 Å². The smallest absolute Gasteiger partial charge is 0.772 e. The third-order valence-electron chi connectivity index (χ3n) is 2.30. The predicted molar refractivity (Wildman–Crippen MR) is 35.2 cm³/mol. The van der Waals surface area contributed by atoms with Crippen LogP contribution in [0, 0.1) is 0 Å². The first-order chi connectivity index (χ1) is 4.77. The van der Waals surface area contributed by atoms with Gasteiger partial charge in [-0.2, -0.15) is 0 Å². The Morgan fingerprint density at radius 2 is 2.18 bits per heavy atom. The first-order valence-electron chi connectivity index (χ1n) is 3.51. The maximum Gasteiger partial charge on any atom is 1.00 e. The van der Waals surface area contributed by atoms with E-state index in [2.05, 4.69) is 0 Å². The van der Waals surface area contributed by atoms with E-state index in [0.29, 0.717) is 0 Å². The van der Waals surface area contributed by atoms with E-state index in [1.165, 1.54) is 0 Å². The molecule has 0 aromatic carbocycles. The molecule has 0 radical (unpaired) electrons. The molecule has 4 atom stereocenters. The number of hydrogen-bond acceptors (Lipinski definition) is 3. The van der Waals surface area contributed by atoms with Gasteiger partial charge in [-0.25, -0.2) is 0 Å². The van der Waals surface area contributed by atoms with Crippen molar-refractivity contribution in [2.24, 2.45) is 0 Å². The molecule has 5 heteroatoms. The van der Waals surface area contributed by atoms with Gasteiger partial charge >= 0.3 is 29.6 Å². The number of rotatable bonds is 1. The van der Waals surface area contributed by atoms with Crippen molar-refractivity contribution in [2.45, 2.75) is 36.7 Å². The number of fused-ring (bicyclic) bond motifs is 2. The SMILES string of the molecule is O=S([O-])C1CC2CCC1O2.[Na+]. The summed E-state index contributed by atoms with van der Waals surface area (Å²) in [5.41, 5.74) is 0. The van der Waals surface area contributed by atoms with Crippen molar-refractivity contribution < 1.29 is 43.1 Å². The summed E-state index contributed by atoms with van der Waals surface area (Å²) in [5.74, 6) is 0. The van der Waals surface area contributed by atoms with Crippen LogP contribution in [-0.4, -0.2) is 26.2 Å². The van der Waals surface area contributed by atoms with E-state index >= 15 is 0 Å². The molecular weight excluding hydrogens is 175 g/mol. The first-order valence-corrected chi connectivity index (χ1v) is 4.64. The van der Waals surface area contributed by atoms with Crippen molar-refractivity contribution in [3.63, 3.8) is 0 Å². The second kappa shape index (κ2) is 3.85. The molecule has 2 rings (SSSR count). The largest absolute Gasteiger partial charge is 1.00 e. The Bertz CT molecular complexity index is 175. The molecule has 11 heavy (non-hydrogen) atoms. The summed E-state index contributed by atoms with van der Waals surface area (Å²) < 4.78 is 26.4. The van der Waals surface area contributed by atoms with Crippen molar-refractivity contribution in [3.05, 3.63) is 0 Å². The van der Waals surface area contributed by atoms with Gasteiger partial charge in [-0.15, -0.1) is 0 Å². The summed E-state index contributed by atoms with van der Waals surface area (Å²) in [6.07, 6.45) is 2.97. The summed E-state index contributed by atoms with van der Waals surface area (Å²) in [4.78, 5) is 0. The van der Waals surface area contributed by atoms with Crippen molar-refractivity contribution >= 4 is 11.1 Å². The van der Waals surface area contributed by atoms with Crippen molar-refractivity contribution in [1.29, 1.82) is 0 Å². The molecule has 2 bridgehead atoms. The molecule has 0 aromatic heterocycles. The van der Waals surface area contributed by atoms with Gasteiger partial charge in [0.2, 0.25) is 0 Å². The van der Waals surface area contributed by atoms with Gasteiger partial charge in [0.15, 0.2) is 0 Å². The van der Waals surface area contributed by atoms with Crippen LogP contribution < -0.4 is 29.6 Å². The van der Waals surface area contributed by atoms with Crippen LogP contribution in [0.25, 0.3) is 0 Å². The zero-order chi connectivity index (χ0) is 7.14. The van der Waals surface area contributed by atoms with Crippen LogP contribution in [0.3, 0.4) is 0 Å². The molecule has 2 saturated heterocycles. The predicted octanol–water partition coefficient (Wildman–Crippen LogP) is -2.81. The molecule has 0 spiro atoms. The van der Waals surface area contributed by atoms with Gasteiger partial charge in [-0.1, -0.05) is 0 Å². The Kier molecular flexibility index (Phi) is 3.56. The maximum absolute atomic E-state index is 10.5. The van der Waals surface area contributed by atoms with Gasteiger partial charge in [-0.05, 0) is 30.3 Å². The Hall–Kier alpha value is 1.07. The van der Waals surface area contributed by atoms with E-state index in [4.69, 9.17) is 4.74 Å². The molecule has 4 unspecified atom stereocenters. The average Bonchev–Trinajstić information content (AvgIpc) is 2.44. The van der Waals surface area contributed by atoms with Gasteiger partial charge in [0.1, 0.15) is 0 Å². The fourth-order valence-corrected chi connectivity index (χ4v) is 2.61. The van der Waals surface area contributed by atoms with Gasteiger partial charge < -0.3 is 9.29 Å². The zero-order valence-electron chi connectivity index (χ0n) is 6.49. The van der Waals surface area contributed by atoms with Gasteiger partial charge in [-0.3, -0.25) is 4.21 Å².